The van der Waals surface area contributed by atoms with Gasteiger partial charge in [-0.3, -0.25) is 4.79 Å². The van der Waals surface area contributed by atoms with Crippen LogP contribution in [0.25, 0.3) is 0 Å². The third-order valence-corrected chi connectivity index (χ3v) is 3.74. The van der Waals surface area contributed by atoms with Crippen LogP contribution in [-0.2, 0) is 4.79 Å². The van der Waals surface area contributed by atoms with Crippen LogP contribution in [0.4, 0.5) is 19.0 Å². The van der Waals surface area contributed by atoms with Gasteiger partial charge in [0, 0.05) is 23.8 Å². The van der Waals surface area contributed by atoms with Crippen LogP contribution in [0.15, 0.2) is 16.7 Å². The lowest BCUT2D eigenvalue weighted by molar-refractivity contribution is -0.125. The first kappa shape index (κ1) is 16.1. The van der Waals surface area contributed by atoms with Crippen molar-refractivity contribution in [2.24, 2.45) is 5.92 Å². The van der Waals surface area contributed by atoms with Crippen LogP contribution in [0.3, 0.4) is 0 Å². The van der Waals surface area contributed by atoms with E-state index in [4.69, 9.17) is 0 Å². The molecule has 4 nitrogen and oxygen atoms in total. The molecule has 0 spiro atoms. The number of hydrogen-bond acceptors (Lipinski definition) is 3. The summed E-state index contributed by atoms with van der Waals surface area (Å²) in [5.74, 6) is -1.14. The highest BCUT2D eigenvalue weighted by Gasteiger charge is 2.28. The number of nitrogens with zero attached hydrogens (tertiary/aromatic N) is 2. The van der Waals surface area contributed by atoms with E-state index in [1.807, 2.05) is 0 Å². The van der Waals surface area contributed by atoms with Crippen molar-refractivity contribution in [3.8, 4) is 0 Å². The van der Waals surface area contributed by atoms with E-state index < -0.39 is 30.6 Å². The second-order valence-electron chi connectivity index (χ2n) is 4.88. The number of carbonyl (C=O) groups excluding carboxylic acids is 1. The Morgan fingerprint density at radius 3 is 3.00 bits per heavy atom. The maximum atomic E-state index is 13.9. The molecule has 1 aliphatic rings. The van der Waals surface area contributed by atoms with Gasteiger partial charge >= 0.3 is 0 Å². The number of carbonyl (C=O) groups is 1. The number of piperidine rings is 1. The van der Waals surface area contributed by atoms with Gasteiger partial charge in [0.15, 0.2) is 11.6 Å². The van der Waals surface area contributed by atoms with Crippen molar-refractivity contribution >= 4 is 27.7 Å². The third kappa shape index (κ3) is 4.33. The molecule has 1 fully saturated rings. The Balaban J connectivity index is 2.01. The van der Waals surface area contributed by atoms with Gasteiger partial charge in [0.2, 0.25) is 5.91 Å². The number of rotatable bonds is 4. The molecule has 1 saturated heterocycles. The van der Waals surface area contributed by atoms with Crippen LogP contribution in [0, 0.1) is 11.7 Å². The molecule has 2 rings (SSSR count). The average Bonchev–Trinajstić information content (AvgIpc) is 2.45. The number of anilines is 1. The molecule has 8 heteroatoms. The Kier molecular flexibility index (Phi) is 5.44. The standard InChI is InChI=1S/C13H15BrF3N3O/c14-9-4-10(15)12(18-5-9)20-3-1-2-8(7-20)13(21)19-6-11(16)17/h4-5,8,11H,1-3,6-7H2,(H,19,21). The topological polar surface area (TPSA) is 45.2 Å². The van der Waals surface area contributed by atoms with Crippen LogP contribution < -0.4 is 10.2 Å². The van der Waals surface area contributed by atoms with Crippen molar-refractivity contribution in [3.63, 3.8) is 0 Å². The largest absolute Gasteiger partial charge is 0.353 e. The molecule has 1 amide bonds. The Morgan fingerprint density at radius 1 is 1.57 bits per heavy atom. The quantitative estimate of drug-likeness (QED) is 0.891. The van der Waals surface area contributed by atoms with E-state index in [2.05, 4.69) is 26.2 Å². The number of nitrogens with one attached hydrogen (secondary N) is 1. The minimum Gasteiger partial charge on any atom is -0.353 e. The minimum atomic E-state index is -2.57. The summed E-state index contributed by atoms with van der Waals surface area (Å²) < 4.78 is 38.6. The van der Waals surface area contributed by atoms with E-state index in [0.29, 0.717) is 23.9 Å². The van der Waals surface area contributed by atoms with Crippen molar-refractivity contribution in [1.82, 2.24) is 10.3 Å². The summed E-state index contributed by atoms with van der Waals surface area (Å²) in [7, 11) is 0. The second kappa shape index (κ2) is 7.11. The van der Waals surface area contributed by atoms with Crippen LogP contribution in [0.2, 0.25) is 0 Å². The van der Waals surface area contributed by atoms with E-state index in [0.717, 1.165) is 0 Å². The Labute approximate surface area is 128 Å². The molecule has 0 aromatic carbocycles. The molecular weight excluding hydrogens is 351 g/mol. The van der Waals surface area contributed by atoms with Crippen molar-refractivity contribution in [2.45, 2.75) is 19.3 Å². The van der Waals surface area contributed by atoms with Gasteiger partial charge in [-0.25, -0.2) is 18.2 Å². The van der Waals surface area contributed by atoms with Gasteiger partial charge < -0.3 is 10.2 Å². The maximum Gasteiger partial charge on any atom is 0.255 e. The molecule has 0 saturated carbocycles. The number of amides is 1. The Bertz CT molecular complexity index is 515. The van der Waals surface area contributed by atoms with Gasteiger partial charge in [-0.15, -0.1) is 0 Å². The lowest BCUT2D eigenvalue weighted by Gasteiger charge is -2.33. The van der Waals surface area contributed by atoms with Gasteiger partial charge in [0.25, 0.3) is 6.43 Å². The van der Waals surface area contributed by atoms with Gasteiger partial charge in [0.1, 0.15) is 0 Å². The van der Waals surface area contributed by atoms with Crippen molar-refractivity contribution < 1.29 is 18.0 Å². The molecule has 0 aliphatic carbocycles. The predicted octanol–water partition coefficient (Wildman–Crippen LogP) is 2.58. The van der Waals surface area contributed by atoms with Crippen molar-refractivity contribution in [2.75, 3.05) is 24.5 Å². The van der Waals surface area contributed by atoms with E-state index >= 15 is 0 Å². The Hall–Kier alpha value is -1.31. The van der Waals surface area contributed by atoms with Crippen LogP contribution in [0.5, 0.6) is 0 Å². The molecular formula is C13H15BrF3N3O. The number of aromatic nitrogens is 1. The highest BCUT2D eigenvalue weighted by Crippen LogP contribution is 2.25. The van der Waals surface area contributed by atoms with Gasteiger partial charge in [-0.05, 0) is 34.8 Å². The monoisotopic (exact) mass is 365 g/mol. The fourth-order valence-corrected chi connectivity index (χ4v) is 2.65. The summed E-state index contributed by atoms with van der Waals surface area (Å²) >= 11 is 3.13. The van der Waals surface area contributed by atoms with E-state index in [1.165, 1.54) is 12.3 Å². The first-order chi connectivity index (χ1) is 9.97. The summed E-state index contributed by atoms with van der Waals surface area (Å²) in [4.78, 5) is 17.5. The fraction of sp³-hybridized carbons (Fsp3) is 0.538. The summed E-state index contributed by atoms with van der Waals surface area (Å²) in [6, 6.07) is 1.31. The zero-order chi connectivity index (χ0) is 15.4. The highest BCUT2D eigenvalue weighted by atomic mass is 79.9. The second-order valence-corrected chi connectivity index (χ2v) is 5.80. The molecule has 0 radical (unpaired) electrons. The van der Waals surface area contributed by atoms with Crippen LogP contribution >= 0.6 is 15.9 Å². The normalized spacial score (nSPS) is 18.9. The average molecular weight is 366 g/mol. The fourth-order valence-electron chi connectivity index (χ4n) is 2.35. The number of hydrogen-bond donors (Lipinski definition) is 1. The minimum absolute atomic E-state index is 0.185. The number of pyridine rings is 1. The molecule has 1 aromatic heterocycles. The summed E-state index contributed by atoms with van der Waals surface area (Å²) in [6.45, 7) is 0.213. The molecule has 2 heterocycles. The lowest BCUT2D eigenvalue weighted by Crippen LogP contribution is -2.44. The predicted molar refractivity (Wildman–Crippen MR) is 75.8 cm³/mol. The summed E-state index contributed by atoms with van der Waals surface area (Å²) in [6.07, 6.45) is 0.200. The highest BCUT2D eigenvalue weighted by molar-refractivity contribution is 9.10. The van der Waals surface area contributed by atoms with Crippen molar-refractivity contribution in [3.05, 3.63) is 22.6 Å². The van der Waals surface area contributed by atoms with Crippen molar-refractivity contribution in [1.29, 1.82) is 0 Å². The zero-order valence-corrected chi connectivity index (χ0v) is 12.7. The molecule has 1 atom stereocenters. The first-order valence-corrected chi connectivity index (χ1v) is 7.38. The van der Waals surface area contributed by atoms with Gasteiger partial charge in [-0.2, -0.15) is 0 Å². The summed E-state index contributed by atoms with van der Waals surface area (Å²) in [5.41, 5.74) is 0. The number of halogens is 4. The molecule has 1 aromatic rings. The third-order valence-electron chi connectivity index (χ3n) is 3.31. The summed E-state index contributed by atoms with van der Waals surface area (Å²) in [5, 5.41) is 2.21. The lowest BCUT2D eigenvalue weighted by atomic mass is 9.97. The van der Waals surface area contributed by atoms with Gasteiger partial charge in [-0.1, -0.05) is 0 Å². The van der Waals surface area contributed by atoms with E-state index in [9.17, 15) is 18.0 Å². The smallest absolute Gasteiger partial charge is 0.255 e. The molecule has 21 heavy (non-hydrogen) atoms. The Morgan fingerprint density at radius 2 is 2.33 bits per heavy atom. The molecule has 1 aliphatic heterocycles. The van der Waals surface area contributed by atoms with E-state index in [-0.39, 0.29) is 12.4 Å². The van der Waals surface area contributed by atoms with Gasteiger partial charge in [0.05, 0.1) is 12.5 Å². The first-order valence-electron chi connectivity index (χ1n) is 6.59. The SMILES string of the molecule is O=C(NCC(F)F)C1CCCN(c2ncc(Br)cc2F)C1. The van der Waals surface area contributed by atoms with Crippen LogP contribution in [-0.4, -0.2) is 37.0 Å². The molecule has 116 valence electrons. The van der Waals surface area contributed by atoms with E-state index in [1.54, 1.807) is 4.90 Å². The molecule has 0 bridgehead atoms. The molecule has 1 unspecified atom stereocenters. The number of alkyl halides is 2. The van der Waals surface area contributed by atoms with Crippen LogP contribution in [0.1, 0.15) is 12.8 Å². The maximum absolute atomic E-state index is 13.9. The molecule has 1 N–H and O–H groups in total. The zero-order valence-electron chi connectivity index (χ0n) is 11.2.